The molecule has 0 unspecified atom stereocenters. The maximum absolute atomic E-state index is 11.4. The summed E-state index contributed by atoms with van der Waals surface area (Å²) in [6.45, 7) is 4.29. The van der Waals surface area contributed by atoms with Crippen molar-refractivity contribution in [3.63, 3.8) is 0 Å². The second kappa shape index (κ2) is 6.05. The van der Waals surface area contributed by atoms with Gasteiger partial charge in [0, 0.05) is 6.42 Å². The van der Waals surface area contributed by atoms with Crippen LogP contribution in [0.2, 0.25) is 0 Å². The fraction of sp³-hybridized carbons (Fsp3) is 0.917. The predicted octanol–water partition coefficient (Wildman–Crippen LogP) is 3.30. The van der Waals surface area contributed by atoms with Crippen LogP contribution in [0, 0.1) is 5.92 Å². The quantitative estimate of drug-likeness (QED) is 0.648. The smallest absolute Gasteiger partial charge is 0.306 e. The van der Waals surface area contributed by atoms with Crippen LogP contribution in [-0.2, 0) is 9.53 Å². The van der Waals surface area contributed by atoms with Crippen LogP contribution >= 0.6 is 0 Å². The molecule has 0 amide bonds. The Morgan fingerprint density at radius 3 is 2.71 bits per heavy atom. The minimum atomic E-state index is 0.00519. The average Bonchev–Trinajstić information content (AvgIpc) is 2.18. The van der Waals surface area contributed by atoms with Crippen LogP contribution in [0.25, 0.3) is 0 Å². The van der Waals surface area contributed by atoms with E-state index in [9.17, 15) is 4.79 Å². The van der Waals surface area contributed by atoms with E-state index in [1.807, 2.05) is 0 Å². The first-order valence-corrected chi connectivity index (χ1v) is 5.93. The number of unbranched alkanes of at least 4 members (excludes halogenated alkanes) is 1. The lowest BCUT2D eigenvalue weighted by Gasteiger charge is -2.28. The lowest BCUT2D eigenvalue weighted by Crippen LogP contribution is -2.28. The van der Waals surface area contributed by atoms with Crippen LogP contribution in [0.3, 0.4) is 0 Å². The molecule has 2 nitrogen and oxygen atoms in total. The average molecular weight is 198 g/mol. The molecule has 1 rings (SSSR count). The van der Waals surface area contributed by atoms with E-state index in [1.165, 1.54) is 19.3 Å². The lowest BCUT2D eigenvalue weighted by atomic mass is 9.88. The van der Waals surface area contributed by atoms with Gasteiger partial charge >= 0.3 is 5.97 Å². The Hall–Kier alpha value is -0.530. The van der Waals surface area contributed by atoms with Gasteiger partial charge in [0.1, 0.15) is 6.10 Å². The number of hydrogen-bond acceptors (Lipinski definition) is 2. The minimum Gasteiger partial charge on any atom is -0.462 e. The molecule has 1 aliphatic rings. The summed E-state index contributed by atoms with van der Waals surface area (Å²) >= 11 is 0. The number of ether oxygens (including phenoxy) is 1. The number of carbonyl (C=O) groups is 1. The Morgan fingerprint density at radius 1 is 1.36 bits per heavy atom. The maximum atomic E-state index is 11.4. The highest BCUT2D eigenvalue weighted by molar-refractivity contribution is 5.69. The minimum absolute atomic E-state index is 0.00519. The molecule has 2 atom stereocenters. The summed E-state index contributed by atoms with van der Waals surface area (Å²) in [7, 11) is 0. The Morgan fingerprint density at radius 2 is 2.07 bits per heavy atom. The summed E-state index contributed by atoms with van der Waals surface area (Å²) in [5.41, 5.74) is 0. The molecule has 0 saturated heterocycles. The summed E-state index contributed by atoms with van der Waals surface area (Å²) in [4.78, 5) is 11.4. The predicted molar refractivity (Wildman–Crippen MR) is 57.0 cm³/mol. The lowest BCUT2D eigenvalue weighted by molar-refractivity contribution is -0.153. The zero-order valence-electron chi connectivity index (χ0n) is 9.42. The molecular weight excluding hydrogens is 176 g/mol. The van der Waals surface area contributed by atoms with Gasteiger partial charge in [-0.1, -0.05) is 26.7 Å². The van der Waals surface area contributed by atoms with E-state index in [1.54, 1.807) is 0 Å². The highest BCUT2D eigenvalue weighted by Crippen LogP contribution is 2.26. The van der Waals surface area contributed by atoms with E-state index < -0.39 is 0 Å². The largest absolute Gasteiger partial charge is 0.462 e. The van der Waals surface area contributed by atoms with E-state index >= 15 is 0 Å². The molecule has 82 valence electrons. The number of hydrogen-bond donors (Lipinski definition) is 0. The van der Waals surface area contributed by atoms with Gasteiger partial charge in [0.2, 0.25) is 0 Å². The van der Waals surface area contributed by atoms with Gasteiger partial charge < -0.3 is 4.74 Å². The summed E-state index contributed by atoms with van der Waals surface area (Å²) in [5.74, 6) is 0.569. The third-order valence-electron chi connectivity index (χ3n) is 3.05. The molecular formula is C12H22O2. The highest BCUT2D eigenvalue weighted by atomic mass is 16.5. The topological polar surface area (TPSA) is 26.3 Å². The molecule has 0 aromatic carbocycles. The first-order valence-electron chi connectivity index (χ1n) is 5.93. The number of rotatable bonds is 4. The third-order valence-corrected chi connectivity index (χ3v) is 3.05. The van der Waals surface area contributed by atoms with Crippen molar-refractivity contribution >= 4 is 5.97 Å². The maximum Gasteiger partial charge on any atom is 0.306 e. The standard InChI is InChI=1S/C12H22O2/c1-3-4-9-12(13)14-11-8-6-5-7-10(11)2/h10-11H,3-9H2,1-2H3/t10-,11-/m0/s1. The van der Waals surface area contributed by atoms with Crippen molar-refractivity contribution in [1.29, 1.82) is 0 Å². The van der Waals surface area contributed by atoms with Gasteiger partial charge in [0.25, 0.3) is 0 Å². The molecule has 0 heterocycles. The Balaban J connectivity index is 2.23. The van der Waals surface area contributed by atoms with Crippen molar-refractivity contribution < 1.29 is 9.53 Å². The molecule has 0 N–H and O–H groups in total. The molecule has 0 bridgehead atoms. The highest BCUT2D eigenvalue weighted by Gasteiger charge is 2.24. The van der Waals surface area contributed by atoms with Crippen LogP contribution in [-0.4, -0.2) is 12.1 Å². The zero-order valence-corrected chi connectivity index (χ0v) is 9.42. The number of carbonyl (C=O) groups excluding carboxylic acids is 1. The molecule has 0 radical (unpaired) electrons. The van der Waals surface area contributed by atoms with Crippen molar-refractivity contribution in [1.82, 2.24) is 0 Å². The van der Waals surface area contributed by atoms with Crippen molar-refractivity contribution in [3.8, 4) is 0 Å². The first-order chi connectivity index (χ1) is 6.74. The second-order valence-corrected chi connectivity index (χ2v) is 4.39. The van der Waals surface area contributed by atoms with Crippen LogP contribution in [0.5, 0.6) is 0 Å². The number of esters is 1. The zero-order chi connectivity index (χ0) is 10.4. The van der Waals surface area contributed by atoms with Crippen LogP contribution in [0.1, 0.15) is 58.8 Å². The van der Waals surface area contributed by atoms with Crippen LogP contribution in [0.4, 0.5) is 0 Å². The van der Waals surface area contributed by atoms with E-state index in [0.29, 0.717) is 12.3 Å². The van der Waals surface area contributed by atoms with Crippen molar-refractivity contribution in [2.75, 3.05) is 0 Å². The second-order valence-electron chi connectivity index (χ2n) is 4.39. The van der Waals surface area contributed by atoms with E-state index in [0.717, 1.165) is 19.3 Å². The Kier molecular flexibility index (Phi) is 4.99. The molecule has 14 heavy (non-hydrogen) atoms. The van der Waals surface area contributed by atoms with Gasteiger partial charge in [-0.25, -0.2) is 0 Å². The van der Waals surface area contributed by atoms with Gasteiger partial charge in [-0.05, 0) is 31.6 Å². The third kappa shape index (κ3) is 3.69. The van der Waals surface area contributed by atoms with Crippen molar-refractivity contribution in [2.24, 2.45) is 5.92 Å². The summed E-state index contributed by atoms with van der Waals surface area (Å²) in [6.07, 6.45) is 7.62. The fourth-order valence-electron chi connectivity index (χ4n) is 2.01. The van der Waals surface area contributed by atoms with E-state index in [2.05, 4.69) is 13.8 Å². The van der Waals surface area contributed by atoms with Gasteiger partial charge in [-0.15, -0.1) is 0 Å². The molecule has 1 saturated carbocycles. The van der Waals surface area contributed by atoms with Gasteiger partial charge in [-0.3, -0.25) is 4.79 Å². The normalized spacial score (nSPS) is 27.3. The summed E-state index contributed by atoms with van der Waals surface area (Å²) in [6, 6.07) is 0. The van der Waals surface area contributed by atoms with Crippen LogP contribution in [0.15, 0.2) is 0 Å². The Labute approximate surface area is 87.0 Å². The fourth-order valence-corrected chi connectivity index (χ4v) is 2.01. The van der Waals surface area contributed by atoms with Gasteiger partial charge in [0.15, 0.2) is 0 Å². The molecule has 0 aromatic rings. The van der Waals surface area contributed by atoms with Crippen molar-refractivity contribution in [2.45, 2.75) is 64.9 Å². The summed E-state index contributed by atoms with van der Waals surface area (Å²) < 4.78 is 5.47. The monoisotopic (exact) mass is 198 g/mol. The van der Waals surface area contributed by atoms with E-state index in [-0.39, 0.29) is 12.1 Å². The van der Waals surface area contributed by atoms with Gasteiger partial charge in [0.05, 0.1) is 0 Å². The molecule has 0 aliphatic heterocycles. The Bertz CT molecular complexity index is 177. The first kappa shape index (κ1) is 11.5. The summed E-state index contributed by atoms with van der Waals surface area (Å²) in [5, 5.41) is 0. The van der Waals surface area contributed by atoms with Gasteiger partial charge in [-0.2, -0.15) is 0 Å². The molecule has 2 heteroatoms. The molecule has 1 fully saturated rings. The SMILES string of the molecule is CCCCC(=O)O[C@H]1CCCC[C@@H]1C. The van der Waals surface area contributed by atoms with Crippen LogP contribution < -0.4 is 0 Å². The molecule has 1 aliphatic carbocycles. The van der Waals surface area contributed by atoms with E-state index in [4.69, 9.17) is 4.74 Å². The van der Waals surface area contributed by atoms with Crippen molar-refractivity contribution in [3.05, 3.63) is 0 Å². The molecule has 0 spiro atoms. The molecule has 0 aromatic heterocycles.